The van der Waals surface area contributed by atoms with Crippen LogP contribution < -0.4 is 4.74 Å². The zero-order valence-corrected chi connectivity index (χ0v) is 20.6. The molecule has 0 heterocycles. The van der Waals surface area contributed by atoms with Crippen molar-refractivity contribution in [2.75, 3.05) is 0 Å². The predicted octanol–water partition coefficient (Wildman–Crippen LogP) is 8.15. The Balaban J connectivity index is 2.05. The van der Waals surface area contributed by atoms with Crippen molar-refractivity contribution in [2.24, 2.45) is 4.99 Å². The van der Waals surface area contributed by atoms with E-state index in [0.717, 1.165) is 22.4 Å². The number of phenols is 1. The lowest BCUT2D eigenvalue weighted by Gasteiger charge is -2.27. The Labute approximate surface area is 192 Å². The minimum atomic E-state index is -0.183. The molecule has 3 aromatic carbocycles. The molecule has 0 aliphatic carbocycles. The summed E-state index contributed by atoms with van der Waals surface area (Å²) in [7, 11) is 0. The van der Waals surface area contributed by atoms with E-state index in [1.807, 2.05) is 62.4 Å². The van der Waals surface area contributed by atoms with Gasteiger partial charge in [-0.3, -0.25) is 4.99 Å². The number of aryl methyl sites for hydroxylation is 2. The fourth-order valence-electron chi connectivity index (χ4n) is 3.62. The molecule has 0 radical (unpaired) electrons. The van der Waals surface area contributed by atoms with Crippen LogP contribution in [0.25, 0.3) is 0 Å². The number of aliphatic imine (C=N–C) groups is 1. The lowest BCUT2D eigenvalue weighted by molar-refractivity contribution is 0.444. The van der Waals surface area contributed by atoms with Crippen LogP contribution in [0.15, 0.2) is 59.6 Å². The second-order valence-corrected chi connectivity index (χ2v) is 10.5. The Kier molecular flexibility index (Phi) is 6.50. The summed E-state index contributed by atoms with van der Waals surface area (Å²) in [5.41, 5.74) is 5.45. The molecule has 0 fully saturated rings. The topological polar surface area (TPSA) is 41.8 Å². The van der Waals surface area contributed by atoms with Gasteiger partial charge in [0.25, 0.3) is 0 Å². The lowest BCUT2D eigenvalue weighted by Crippen LogP contribution is -2.17. The van der Waals surface area contributed by atoms with Gasteiger partial charge in [0.05, 0.1) is 0 Å². The first-order valence-electron chi connectivity index (χ1n) is 11.1. The second kappa shape index (κ2) is 8.82. The molecule has 0 amide bonds. The van der Waals surface area contributed by atoms with Crippen molar-refractivity contribution in [3.63, 3.8) is 0 Å². The molecule has 1 N–H and O–H groups in total. The highest BCUT2D eigenvalue weighted by Crippen LogP contribution is 2.38. The number of nitrogens with zero attached hydrogens (tertiary/aromatic N) is 1. The summed E-state index contributed by atoms with van der Waals surface area (Å²) in [5, 5.41) is 11.0. The summed E-state index contributed by atoms with van der Waals surface area (Å²) >= 11 is 0. The maximum Gasteiger partial charge on any atom is 0.153 e. The van der Waals surface area contributed by atoms with Crippen molar-refractivity contribution < 1.29 is 9.84 Å². The number of hydrogen-bond acceptors (Lipinski definition) is 3. The Morgan fingerprint density at radius 2 is 1.44 bits per heavy atom. The largest absolute Gasteiger partial charge is 0.507 e. The van der Waals surface area contributed by atoms with Crippen molar-refractivity contribution in [3.05, 3.63) is 82.4 Å². The van der Waals surface area contributed by atoms with Crippen LogP contribution in [-0.2, 0) is 10.8 Å². The number of aromatic hydroxyl groups is 1. The van der Waals surface area contributed by atoms with Crippen LogP contribution in [0.1, 0.15) is 69.4 Å². The maximum atomic E-state index is 11.0. The van der Waals surface area contributed by atoms with Crippen molar-refractivity contribution in [1.29, 1.82) is 0 Å². The van der Waals surface area contributed by atoms with Crippen molar-refractivity contribution in [3.8, 4) is 17.2 Å². The SMILES string of the molecule is Cc1cccc(C)c1Oc1ccccc1N=Cc1cc(C(C)(C)C)cc(C(C)(C)C)c1O. The molecule has 0 aromatic heterocycles. The molecule has 0 aliphatic rings. The molecule has 3 rings (SSSR count). The number of ether oxygens (including phenoxy) is 1. The third-order valence-corrected chi connectivity index (χ3v) is 5.64. The van der Waals surface area contributed by atoms with E-state index in [0.29, 0.717) is 17.0 Å². The van der Waals surface area contributed by atoms with Crippen LogP contribution >= 0.6 is 0 Å². The average molecular weight is 430 g/mol. The highest BCUT2D eigenvalue weighted by atomic mass is 16.5. The molecule has 3 aromatic rings. The monoisotopic (exact) mass is 429 g/mol. The lowest BCUT2D eigenvalue weighted by atomic mass is 9.79. The third kappa shape index (κ3) is 5.21. The standard InChI is InChI=1S/C29H35NO2/c1-19-12-11-13-20(2)27(19)32-25-15-10-9-14-24(25)30-18-21-16-22(28(3,4)5)17-23(26(21)31)29(6,7)8/h9-18,31H,1-8H3. The molecule has 0 saturated heterocycles. The number of phenolic OH excluding ortho intramolecular Hbond substituents is 1. The molecular formula is C29H35NO2. The van der Waals surface area contributed by atoms with Gasteiger partial charge in [0.1, 0.15) is 17.2 Å². The van der Waals surface area contributed by atoms with Gasteiger partial charge in [0.15, 0.2) is 5.75 Å². The molecule has 3 heteroatoms. The van der Waals surface area contributed by atoms with Crippen LogP contribution in [0.5, 0.6) is 17.2 Å². The van der Waals surface area contributed by atoms with Gasteiger partial charge in [-0.05, 0) is 59.6 Å². The van der Waals surface area contributed by atoms with E-state index in [1.165, 1.54) is 5.56 Å². The summed E-state index contributed by atoms with van der Waals surface area (Å²) in [5.74, 6) is 1.81. The number of benzene rings is 3. The summed E-state index contributed by atoms with van der Waals surface area (Å²) in [6.07, 6.45) is 1.74. The highest BCUT2D eigenvalue weighted by Gasteiger charge is 2.24. The van der Waals surface area contributed by atoms with Gasteiger partial charge in [-0.2, -0.15) is 0 Å². The minimum absolute atomic E-state index is 0.0420. The molecule has 0 spiro atoms. The summed E-state index contributed by atoms with van der Waals surface area (Å²) < 4.78 is 6.27. The number of hydrogen-bond donors (Lipinski definition) is 1. The van der Waals surface area contributed by atoms with E-state index < -0.39 is 0 Å². The van der Waals surface area contributed by atoms with E-state index in [4.69, 9.17) is 9.73 Å². The molecule has 0 saturated carbocycles. The van der Waals surface area contributed by atoms with Crippen molar-refractivity contribution >= 4 is 11.9 Å². The second-order valence-electron chi connectivity index (χ2n) is 10.5. The van der Waals surface area contributed by atoms with E-state index in [9.17, 15) is 5.11 Å². The van der Waals surface area contributed by atoms with Crippen LogP contribution in [0.2, 0.25) is 0 Å². The Morgan fingerprint density at radius 3 is 2.03 bits per heavy atom. The van der Waals surface area contributed by atoms with Crippen molar-refractivity contribution in [1.82, 2.24) is 0 Å². The van der Waals surface area contributed by atoms with Crippen molar-refractivity contribution in [2.45, 2.75) is 66.2 Å². The fourth-order valence-corrected chi connectivity index (χ4v) is 3.62. The number of para-hydroxylation sites is 3. The first-order valence-corrected chi connectivity index (χ1v) is 11.1. The van der Waals surface area contributed by atoms with Gasteiger partial charge in [-0.1, -0.05) is 77.9 Å². The molecule has 0 aliphatic heterocycles. The van der Waals surface area contributed by atoms with E-state index in [-0.39, 0.29) is 16.6 Å². The molecule has 0 unspecified atom stereocenters. The minimum Gasteiger partial charge on any atom is -0.507 e. The van der Waals surface area contributed by atoms with Crippen LogP contribution in [-0.4, -0.2) is 11.3 Å². The van der Waals surface area contributed by atoms with E-state index >= 15 is 0 Å². The van der Waals surface area contributed by atoms with Gasteiger partial charge in [-0.25, -0.2) is 0 Å². The van der Waals surface area contributed by atoms with Crippen LogP contribution in [0.4, 0.5) is 5.69 Å². The smallest absolute Gasteiger partial charge is 0.153 e. The molecule has 0 bridgehead atoms. The summed E-state index contributed by atoms with van der Waals surface area (Å²) in [6.45, 7) is 17.0. The Hall–Kier alpha value is -3.07. The van der Waals surface area contributed by atoms with Crippen LogP contribution in [0.3, 0.4) is 0 Å². The zero-order valence-electron chi connectivity index (χ0n) is 20.6. The third-order valence-electron chi connectivity index (χ3n) is 5.64. The summed E-state index contributed by atoms with van der Waals surface area (Å²) in [6, 6.07) is 18.0. The normalized spacial score (nSPS) is 12.4. The fraction of sp³-hybridized carbons (Fsp3) is 0.345. The molecular weight excluding hydrogens is 394 g/mol. The Morgan fingerprint density at radius 1 is 0.812 bits per heavy atom. The number of rotatable bonds is 4. The first kappa shape index (κ1) is 23.6. The molecule has 168 valence electrons. The predicted molar refractivity (Wildman–Crippen MR) is 135 cm³/mol. The molecule has 3 nitrogen and oxygen atoms in total. The van der Waals surface area contributed by atoms with Gasteiger partial charge >= 0.3 is 0 Å². The maximum absolute atomic E-state index is 11.0. The zero-order chi connectivity index (χ0) is 23.7. The van der Waals surface area contributed by atoms with Gasteiger partial charge < -0.3 is 9.84 Å². The highest BCUT2D eigenvalue weighted by molar-refractivity contribution is 5.87. The molecule has 0 atom stereocenters. The Bertz CT molecular complexity index is 1120. The average Bonchev–Trinajstić information content (AvgIpc) is 2.69. The molecule has 32 heavy (non-hydrogen) atoms. The summed E-state index contributed by atoms with van der Waals surface area (Å²) in [4.78, 5) is 4.73. The van der Waals surface area contributed by atoms with Gasteiger partial charge in [-0.15, -0.1) is 0 Å². The first-order chi connectivity index (χ1) is 14.9. The quantitative estimate of drug-likeness (QED) is 0.425. The van der Waals surface area contributed by atoms with Gasteiger partial charge in [0.2, 0.25) is 0 Å². The van der Waals surface area contributed by atoms with E-state index in [2.05, 4.69) is 47.6 Å². The van der Waals surface area contributed by atoms with E-state index in [1.54, 1.807) is 6.21 Å². The van der Waals surface area contributed by atoms with Crippen LogP contribution in [0, 0.1) is 13.8 Å². The van der Waals surface area contributed by atoms with Gasteiger partial charge in [0, 0.05) is 17.3 Å².